The average molecular weight is 389 g/mol. The van der Waals surface area contributed by atoms with Crippen molar-refractivity contribution in [3.8, 4) is 0 Å². The summed E-state index contributed by atoms with van der Waals surface area (Å²) >= 11 is 1.71. The Bertz CT molecular complexity index is 926. The number of carbonyl (C=O) groups is 1. The van der Waals surface area contributed by atoms with Gasteiger partial charge in [-0.3, -0.25) is 4.90 Å². The SMILES string of the molecule is CC(C)C[C@@H](NC(=O)N1c2ccccc2Sc2ccccc21)c1ccccc1. The Hall–Kier alpha value is -2.72. The van der Waals surface area contributed by atoms with E-state index in [0.717, 1.165) is 33.2 Å². The summed E-state index contributed by atoms with van der Waals surface area (Å²) in [7, 11) is 0. The maximum Gasteiger partial charge on any atom is 0.327 e. The molecule has 1 aliphatic rings. The zero-order valence-electron chi connectivity index (χ0n) is 16.1. The highest BCUT2D eigenvalue weighted by molar-refractivity contribution is 7.99. The van der Waals surface area contributed by atoms with Gasteiger partial charge in [-0.1, -0.05) is 80.2 Å². The van der Waals surface area contributed by atoms with Crippen LogP contribution < -0.4 is 10.2 Å². The van der Waals surface area contributed by atoms with Crippen LogP contribution in [-0.4, -0.2) is 6.03 Å². The zero-order chi connectivity index (χ0) is 19.5. The van der Waals surface area contributed by atoms with Gasteiger partial charge in [-0.15, -0.1) is 0 Å². The number of nitrogens with one attached hydrogen (secondary N) is 1. The van der Waals surface area contributed by atoms with Crippen molar-refractivity contribution < 1.29 is 4.79 Å². The van der Waals surface area contributed by atoms with Crippen molar-refractivity contribution in [3.63, 3.8) is 0 Å². The molecule has 0 saturated heterocycles. The molecule has 0 aromatic heterocycles. The van der Waals surface area contributed by atoms with Gasteiger partial charge < -0.3 is 5.32 Å². The van der Waals surface area contributed by atoms with Crippen LogP contribution in [0.25, 0.3) is 0 Å². The molecule has 0 bridgehead atoms. The van der Waals surface area contributed by atoms with Crippen molar-refractivity contribution in [1.29, 1.82) is 0 Å². The fraction of sp³-hybridized carbons (Fsp3) is 0.208. The Morgan fingerprint density at radius 1 is 0.857 bits per heavy atom. The Labute approximate surface area is 170 Å². The Morgan fingerprint density at radius 2 is 1.39 bits per heavy atom. The van der Waals surface area contributed by atoms with E-state index in [1.54, 1.807) is 11.8 Å². The number of urea groups is 1. The monoisotopic (exact) mass is 388 g/mol. The van der Waals surface area contributed by atoms with E-state index in [1.165, 1.54) is 0 Å². The van der Waals surface area contributed by atoms with E-state index < -0.39 is 0 Å². The first kappa shape index (κ1) is 18.6. The van der Waals surface area contributed by atoms with E-state index in [2.05, 4.69) is 43.4 Å². The molecule has 3 aromatic carbocycles. The van der Waals surface area contributed by atoms with Crippen molar-refractivity contribution in [3.05, 3.63) is 84.4 Å². The highest BCUT2D eigenvalue weighted by Gasteiger charge is 2.29. The lowest BCUT2D eigenvalue weighted by Crippen LogP contribution is -2.40. The number of carbonyl (C=O) groups excluding carboxylic acids is 1. The molecular formula is C24H24N2OS. The third-order valence-electron chi connectivity index (χ3n) is 4.84. The Morgan fingerprint density at radius 3 is 1.96 bits per heavy atom. The lowest BCUT2D eigenvalue weighted by molar-refractivity contribution is 0.242. The van der Waals surface area contributed by atoms with Gasteiger partial charge in [0.15, 0.2) is 0 Å². The first-order valence-corrected chi connectivity index (χ1v) is 10.5. The molecule has 142 valence electrons. The van der Waals surface area contributed by atoms with Crippen LogP contribution in [0, 0.1) is 5.92 Å². The predicted octanol–water partition coefficient (Wildman–Crippen LogP) is 6.79. The van der Waals surface area contributed by atoms with E-state index in [4.69, 9.17) is 0 Å². The molecular weight excluding hydrogens is 364 g/mol. The van der Waals surface area contributed by atoms with E-state index in [9.17, 15) is 4.79 Å². The van der Waals surface area contributed by atoms with Crippen molar-refractivity contribution >= 4 is 29.2 Å². The molecule has 0 fully saturated rings. The Kier molecular flexibility index (Phi) is 5.40. The van der Waals surface area contributed by atoms with Gasteiger partial charge in [-0.2, -0.15) is 0 Å². The normalized spacial score (nSPS) is 13.6. The number of fused-ring (bicyclic) bond motifs is 2. The molecule has 1 atom stereocenters. The molecule has 0 aliphatic carbocycles. The minimum absolute atomic E-state index is 0.0254. The van der Waals surface area contributed by atoms with Gasteiger partial charge in [0, 0.05) is 9.79 Å². The van der Waals surface area contributed by atoms with Gasteiger partial charge in [0.2, 0.25) is 0 Å². The highest BCUT2D eigenvalue weighted by atomic mass is 32.2. The quantitative estimate of drug-likeness (QED) is 0.534. The lowest BCUT2D eigenvalue weighted by atomic mass is 9.97. The number of hydrogen-bond acceptors (Lipinski definition) is 2. The molecule has 1 heterocycles. The molecule has 28 heavy (non-hydrogen) atoms. The zero-order valence-corrected chi connectivity index (χ0v) is 16.9. The number of nitrogens with zero attached hydrogens (tertiary/aromatic N) is 1. The summed E-state index contributed by atoms with van der Waals surface area (Å²) in [6, 6.07) is 26.3. The smallest absolute Gasteiger partial charge is 0.327 e. The molecule has 0 saturated carbocycles. The molecule has 4 heteroatoms. The fourth-order valence-corrected chi connectivity index (χ4v) is 4.63. The summed E-state index contributed by atoms with van der Waals surface area (Å²) in [6.45, 7) is 4.37. The van der Waals surface area contributed by atoms with Gasteiger partial charge in [0.25, 0.3) is 0 Å². The van der Waals surface area contributed by atoms with E-state index >= 15 is 0 Å². The second-order valence-corrected chi connectivity index (χ2v) is 8.50. The van der Waals surface area contributed by atoms with Crippen LogP contribution in [-0.2, 0) is 0 Å². The van der Waals surface area contributed by atoms with Gasteiger partial charge >= 0.3 is 6.03 Å². The molecule has 3 aromatic rings. The van der Waals surface area contributed by atoms with Gasteiger partial charge in [0.1, 0.15) is 0 Å². The minimum Gasteiger partial charge on any atom is -0.331 e. The van der Waals surface area contributed by atoms with Crippen molar-refractivity contribution in [2.75, 3.05) is 4.90 Å². The van der Waals surface area contributed by atoms with E-state index in [0.29, 0.717) is 5.92 Å². The average Bonchev–Trinajstić information content (AvgIpc) is 2.71. The number of hydrogen-bond donors (Lipinski definition) is 1. The van der Waals surface area contributed by atoms with Crippen LogP contribution in [0.3, 0.4) is 0 Å². The summed E-state index contributed by atoms with van der Waals surface area (Å²) in [5.41, 5.74) is 3.00. The second kappa shape index (κ2) is 8.11. The largest absolute Gasteiger partial charge is 0.331 e. The van der Waals surface area contributed by atoms with Gasteiger partial charge in [0.05, 0.1) is 17.4 Å². The summed E-state index contributed by atoms with van der Waals surface area (Å²) in [5.74, 6) is 0.474. The number of anilines is 2. The van der Waals surface area contributed by atoms with Crippen LogP contribution in [0.15, 0.2) is 88.7 Å². The van der Waals surface area contributed by atoms with Crippen molar-refractivity contribution in [2.45, 2.75) is 36.1 Å². The van der Waals surface area contributed by atoms with Gasteiger partial charge in [-0.05, 0) is 42.2 Å². The van der Waals surface area contributed by atoms with Crippen molar-refractivity contribution in [2.24, 2.45) is 5.92 Å². The summed E-state index contributed by atoms with van der Waals surface area (Å²) < 4.78 is 0. The maximum absolute atomic E-state index is 13.5. The van der Waals surface area contributed by atoms with Crippen molar-refractivity contribution in [1.82, 2.24) is 5.32 Å². The summed E-state index contributed by atoms with van der Waals surface area (Å²) in [5, 5.41) is 3.29. The van der Waals surface area contributed by atoms with Crippen LogP contribution >= 0.6 is 11.8 Å². The molecule has 0 spiro atoms. The van der Waals surface area contributed by atoms with Crippen LogP contribution in [0.2, 0.25) is 0 Å². The summed E-state index contributed by atoms with van der Waals surface area (Å²) in [4.78, 5) is 17.5. The lowest BCUT2D eigenvalue weighted by Gasteiger charge is -2.33. The molecule has 0 radical (unpaired) electrons. The molecule has 0 unspecified atom stereocenters. The molecule has 3 nitrogen and oxygen atoms in total. The molecule has 1 aliphatic heterocycles. The third-order valence-corrected chi connectivity index (χ3v) is 5.97. The van der Waals surface area contributed by atoms with E-state index in [1.807, 2.05) is 59.5 Å². The fourth-order valence-electron chi connectivity index (χ4n) is 3.57. The minimum atomic E-state index is -0.0882. The topological polar surface area (TPSA) is 32.3 Å². The number of amides is 2. The third kappa shape index (κ3) is 3.78. The standard InChI is InChI=1S/C24H24N2OS/c1-17(2)16-19(18-10-4-3-5-11-18)25-24(27)26-20-12-6-8-14-22(20)28-23-15-9-7-13-21(23)26/h3-15,17,19H,16H2,1-2H3,(H,25,27)/t19-/m1/s1. The molecule has 1 N–H and O–H groups in total. The number of para-hydroxylation sites is 2. The summed E-state index contributed by atoms with van der Waals surface area (Å²) in [6.07, 6.45) is 0.891. The maximum atomic E-state index is 13.5. The highest BCUT2D eigenvalue weighted by Crippen LogP contribution is 2.47. The Balaban J connectivity index is 1.69. The molecule has 4 rings (SSSR count). The second-order valence-electron chi connectivity index (χ2n) is 7.42. The number of benzene rings is 3. The van der Waals surface area contributed by atoms with Crippen LogP contribution in [0.5, 0.6) is 0 Å². The predicted molar refractivity (Wildman–Crippen MR) is 116 cm³/mol. The number of rotatable bonds is 4. The van der Waals surface area contributed by atoms with Crippen LogP contribution in [0.4, 0.5) is 16.2 Å². The molecule has 2 amide bonds. The van der Waals surface area contributed by atoms with Gasteiger partial charge in [-0.25, -0.2) is 4.79 Å². The first-order valence-electron chi connectivity index (χ1n) is 9.65. The van der Waals surface area contributed by atoms with Crippen LogP contribution in [0.1, 0.15) is 31.9 Å². The first-order chi connectivity index (χ1) is 13.6. The van der Waals surface area contributed by atoms with E-state index in [-0.39, 0.29) is 12.1 Å².